The Bertz CT molecular complexity index is 1760. The zero-order chi connectivity index (χ0) is 33.0. The lowest BCUT2D eigenvalue weighted by Gasteiger charge is -2.29. The van der Waals surface area contributed by atoms with Gasteiger partial charge in [-0.15, -0.1) is 0 Å². The summed E-state index contributed by atoms with van der Waals surface area (Å²) in [5.41, 5.74) is 3.95. The maximum absolute atomic E-state index is 13.7. The first kappa shape index (κ1) is 32.4. The van der Waals surface area contributed by atoms with E-state index >= 15 is 0 Å². The van der Waals surface area contributed by atoms with Crippen LogP contribution in [0.4, 0.5) is 0 Å². The number of carbonyl (C=O) groups is 2. The van der Waals surface area contributed by atoms with E-state index in [4.69, 9.17) is 24.0 Å². The molecule has 3 aromatic rings. The lowest BCUT2D eigenvalue weighted by molar-refractivity contribution is -0.137. The van der Waals surface area contributed by atoms with Crippen LogP contribution >= 0.6 is 0 Å². The first-order valence-electron chi connectivity index (χ1n) is 15.5. The second-order valence-corrected chi connectivity index (χ2v) is 13.4. The summed E-state index contributed by atoms with van der Waals surface area (Å²) in [5.74, 6) is 0.233. The maximum Gasteiger partial charge on any atom is 0.338 e. The Balaban J connectivity index is 1.20. The summed E-state index contributed by atoms with van der Waals surface area (Å²) in [6.45, 7) is 0.680. The van der Waals surface area contributed by atoms with Crippen LogP contribution in [0.3, 0.4) is 0 Å². The van der Waals surface area contributed by atoms with E-state index in [1.807, 2.05) is 48.5 Å². The molecule has 1 aliphatic carbocycles. The van der Waals surface area contributed by atoms with Crippen molar-refractivity contribution in [2.75, 3.05) is 47.1 Å². The Morgan fingerprint density at radius 2 is 1.55 bits per heavy atom. The minimum Gasteiger partial charge on any atom is -0.497 e. The van der Waals surface area contributed by atoms with Gasteiger partial charge in [-0.25, -0.2) is 18.2 Å². The van der Waals surface area contributed by atoms with Crippen molar-refractivity contribution in [3.8, 4) is 11.5 Å². The summed E-state index contributed by atoms with van der Waals surface area (Å²) < 4.78 is 48.6. The van der Waals surface area contributed by atoms with Crippen molar-refractivity contribution < 1.29 is 37.0 Å². The Hall–Kier alpha value is -4.52. The predicted octanol–water partition coefficient (Wildman–Crippen LogP) is 4.70. The van der Waals surface area contributed by atoms with Gasteiger partial charge < -0.3 is 18.9 Å². The number of methoxy groups -OCH3 is 2. The van der Waals surface area contributed by atoms with Crippen molar-refractivity contribution in [3.63, 3.8) is 0 Å². The van der Waals surface area contributed by atoms with Gasteiger partial charge in [0.2, 0.25) is 10.0 Å². The minimum atomic E-state index is -3.71. The Labute approximate surface area is 274 Å². The van der Waals surface area contributed by atoms with Crippen LogP contribution in [-0.2, 0) is 24.3 Å². The second-order valence-electron chi connectivity index (χ2n) is 11.5. The van der Waals surface area contributed by atoms with E-state index in [9.17, 15) is 18.0 Å². The molecule has 1 amide bonds. The van der Waals surface area contributed by atoms with Crippen molar-refractivity contribution in [2.24, 2.45) is 11.0 Å². The molecule has 2 fully saturated rings. The predicted molar refractivity (Wildman–Crippen MR) is 175 cm³/mol. The number of amides is 1. The van der Waals surface area contributed by atoms with E-state index in [-0.39, 0.29) is 35.5 Å². The molecule has 0 bridgehead atoms. The van der Waals surface area contributed by atoms with Crippen LogP contribution in [0.25, 0.3) is 6.08 Å². The van der Waals surface area contributed by atoms with Crippen molar-refractivity contribution in [3.05, 3.63) is 95.1 Å². The van der Waals surface area contributed by atoms with Gasteiger partial charge in [-0.3, -0.25) is 4.79 Å². The number of esters is 1. The van der Waals surface area contributed by atoms with Gasteiger partial charge in [0.15, 0.2) is 6.61 Å². The molecule has 246 valence electrons. The fraction of sp³-hybridized carbons (Fsp3) is 0.343. The average Bonchev–Trinajstić information content (AvgIpc) is 3.52. The lowest BCUT2D eigenvalue weighted by Crippen LogP contribution is -2.40. The van der Waals surface area contributed by atoms with Gasteiger partial charge in [0.05, 0.1) is 49.6 Å². The van der Waals surface area contributed by atoms with E-state index in [0.29, 0.717) is 19.0 Å². The number of hydrogen-bond donors (Lipinski definition) is 0. The molecular weight excluding hydrogens is 622 g/mol. The van der Waals surface area contributed by atoms with Crippen molar-refractivity contribution in [1.29, 1.82) is 0 Å². The number of ether oxygens (including phenoxy) is 4. The third-order valence-electron chi connectivity index (χ3n) is 8.70. The third kappa shape index (κ3) is 6.95. The summed E-state index contributed by atoms with van der Waals surface area (Å²) in [6.07, 6.45) is 4.71. The van der Waals surface area contributed by atoms with Gasteiger partial charge in [-0.05, 0) is 90.6 Å². The number of hydrazone groups is 1. The molecular formula is C35H37N3O8S. The SMILES string of the molecule is COc1ccc(C=C2CCCC3C2=NN(C(=O)COC(=O)c2ccc(S(=O)(=O)N4CCOCC4)cc2)C3c2ccc(OC)cc2)cc1. The van der Waals surface area contributed by atoms with Crippen LogP contribution in [0.15, 0.2) is 88.4 Å². The summed E-state index contributed by atoms with van der Waals surface area (Å²) in [4.78, 5) is 26.8. The van der Waals surface area contributed by atoms with Gasteiger partial charge in [-0.1, -0.05) is 24.3 Å². The number of fused-ring (bicyclic) bond motifs is 1. The molecule has 47 heavy (non-hydrogen) atoms. The molecule has 2 atom stereocenters. The van der Waals surface area contributed by atoms with E-state index in [2.05, 4.69) is 6.08 Å². The first-order chi connectivity index (χ1) is 22.8. The average molecular weight is 660 g/mol. The zero-order valence-corrected chi connectivity index (χ0v) is 27.1. The number of nitrogens with zero attached hydrogens (tertiary/aromatic N) is 3. The van der Waals surface area contributed by atoms with Gasteiger partial charge in [0, 0.05) is 19.0 Å². The molecule has 11 nitrogen and oxygen atoms in total. The molecule has 2 aliphatic heterocycles. The summed E-state index contributed by atoms with van der Waals surface area (Å²) >= 11 is 0. The Kier molecular flexibility index (Phi) is 9.71. The van der Waals surface area contributed by atoms with Crippen LogP contribution in [-0.4, -0.2) is 82.4 Å². The van der Waals surface area contributed by atoms with Crippen LogP contribution in [0.2, 0.25) is 0 Å². The summed E-state index contributed by atoms with van der Waals surface area (Å²) in [7, 11) is -0.478. The highest BCUT2D eigenvalue weighted by atomic mass is 32.2. The van der Waals surface area contributed by atoms with Crippen molar-refractivity contribution in [1.82, 2.24) is 9.31 Å². The number of hydrogen-bond acceptors (Lipinski definition) is 9. The van der Waals surface area contributed by atoms with E-state index < -0.39 is 28.5 Å². The molecule has 2 heterocycles. The second kappa shape index (κ2) is 14.1. The molecule has 1 saturated carbocycles. The van der Waals surface area contributed by atoms with Crippen LogP contribution in [0.1, 0.15) is 46.8 Å². The first-order valence-corrected chi connectivity index (χ1v) is 17.0. The Morgan fingerprint density at radius 1 is 0.915 bits per heavy atom. The fourth-order valence-corrected chi connectivity index (χ4v) is 7.63. The molecule has 2 unspecified atom stereocenters. The third-order valence-corrected chi connectivity index (χ3v) is 10.6. The van der Waals surface area contributed by atoms with Gasteiger partial charge in [-0.2, -0.15) is 9.41 Å². The molecule has 0 aromatic heterocycles. The molecule has 3 aliphatic rings. The number of carbonyl (C=O) groups excluding carboxylic acids is 2. The highest BCUT2D eigenvalue weighted by molar-refractivity contribution is 7.89. The molecule has 0 spiro atoms. The van der Waals surface area contributed by atoms with Gasteiger partial charge >= 0.3 is 5.97 Å². The summed E-state index contributed by atoms with van der Waals surface area (Å²) in [5, 5.41) is 6.30. The van der Waals surface area contributed by atoms with Gasteiger partial charge in [0.1, 0.15) is 11.5 Å². The molecule has 12 heteroatoms. The molecule has 6 rings (SSSR count). The lowest BCUT2D eigenvalue weighted by atomic mass is 9.77. The highest BCUT2D eigenvalue weighted by Crippen LogP contribution is 2.44. The number of benzene rings is 3. The van der Waals surface area contributed by atoms with E-state index in [0.717, 1.165) is 47.4 Å². The monoisotopic (exact) mass is 659 g/mol. The highest BCUT2D eigenvalue weighted by Gasteiger charge is 2.44. The number of morpholine rings is 1. The van der Waals surface area contributed by atoms with Gasteiger partial charge in [0.25, 0.3) is 5.91 Å². The maximum atomic E-state index is 13.7. The molecule has 3 aromatic carbocycles. The normalized spacial score (nSPS) is 20.8. The smallest absolute Gasteiger partial charge is 0.338 e. The Morgan fingerprint density at radius 3 is 2.19 bits per heavy atom. The van der Waals surface area contributed by atoms with Crippen LogP contribution in [0.5, 0.6) is 11.5 Å². The zero-order valence-electron chi connectivity index (χ0n) is 26.3. The molecule has 0 radical (unpaired) electrons. The molecule has 1 saturated heterocycles. The summed E-state index contributed by atoms with van der Waals surface area (Å²) in [6, 6.07) is 20.5. The van der Waals surface area contributed by atoms with E-state index in [1.54, 1.807) is 14.2 Å². The van der Waals surface area contributed by atoms with Crippen molar-refractivity contribution >= 4 is 33.7 Å². The number of allylic oxidation sites excluding steroid dienone is 1. The van der Waals surface area contributed by atoms with Crippen LogP contribution in [0, 0.1) is 5.92 Å². The standard InChI is InChI=1S/C35H37N3O8S/c1-43-28-12-6-24(7-13-28)22-27-4-3-5-31-33(27)36-38(34(31)25-8-14-29(44-2)15-9-25)32(39)23-46-35(40)26-10-16-30(17-11-26)47(41,42)37-18-20-45-21-19-37/h6-17,22,31,34H,3-5,18-21,23H2,1-2H3. The largest absolute Gasteiger partial charge is 0.497 e. The number of rotatable bonds is 9. The number of sulfonamides is 1. The van der Waals surface area contributed by atoms with Crippen molar-refractivity contribution in [2.45, 2.75) is 30.2 Å². The minimum absolute atomic E-state index is 0.0396. The van der Waals surface area contributed by atoms with E-state index in [1.165, 1.54) is 33.6 Å². The fourth-order valence-electron chi connectivity index (χ4n) is 6.22. The quantitative estimate of drug-likeness (QED) is 0.303. The molecule has 0 N–H and O–H groups in total. The van der Waals surface area contributed by atoms with Crippen LogP contribution < -0.4 is 9.47 Å². The topological polar surface area (TPSA) is 124 Å².